The molecule has 0 bridgehead atoms. The maximum atomic E-state index is 13.7. The first-order chi connectivity index (χ1) is 12.7. The van der Waals surface area contributed by atoms with Crippen LogP contribution in [-0.2, 0) is 6.42 Å². The van der Waals surface area contributed by atoms with Gasteiger partial charge in [-0.15, -0.1) is 0 Å². The van der Waals surface area contributed by atoms with Crippen LogP contribution in [0, 0.1) is 0 Å². The molecule has 0 aromatic heterocycles. The van der Waals surface area contributed by atoms with Crippen LogP contribution in [0.4, 0.5) is 13.2 Å². The molecule has 4 nitrogen and oxygen atoms in total. The van der Waals surface area contributed by atoms with Gasteiger partial charge >= 0.3 is 6.18 Å². The number of amides is 1. The maximum Gasteiger partial charge on any atom is 0.438 e. The van der Waals surface area contributed by atoms with Crippen molar-refractivity contribution in [3.8, 4) is 0 Å². The lowest BCUT2D eigenvalue weighted by Crippen LogP contribution is -2.56. The van der Waals surface area contributed by atoms with Crippen LogP contribution < -0.4 is 0 Å². The van der Waals surface area contributed by atoms with Gasteiger partial charge in [0.25, 0.3) is 11.6 Å². The number of hydrazone groups is 1. The second-order valence-corrected chi connectivity index (χ2v) is 7.04. The molecular weight excluding hydrogens is 425 g/mol. The number of rotatable bonds is 3. The lowest BCUT2D eigenvalue weighted by molar-refractivity contribution is -0.297. The average Bonchev–Trinajstić information content (AvgIpc) is 3.00. The molecule has 2 aromatic carbocycles. The summed E-state index contributed by atoms with van der Waals surface area (Å²) in [5.74, 6) is -1.04. The van der Waals surface area contributed by atoms with E-state index in [1.807, 2.05) is 6.92 Å². The Kier molecular flexibility index (Phi) is 5.14. The van der Waals surface area contributed by atoms with Crippen LogP contribution in [0.3, 0.4) is 0 Å². The molecule has 142 valence electrons. The maximum absolute atomic E-state index is 13.7. The zero-order valence-electron chi connectivity index (χ0n) is 14.3. The van der Waals surface area contributed by atoms with Crippen LogP contribution in [0.5, 0.6) is 0 Å². The summed E-state index contributed by atoms with van der Waals surface area (Å²) in [5.41, 5.74) is -1.98. The van der Waals surface area contributed by atoms with E-state index in [0.717, 1.165) is 12.0 Å². The second kappa shape index (κ2) is 7.09. The fraction of sp³-hybridized carbons (Fsp3) is 0.263. The van der Waals surface area contributed by atoms with E-state index in [1.54, 1.807) is 30.3 Å². The van der Waals surface area contributed by atoms with Crippen LogP contribution in [0.15, 0.2) is 58.1 Å². The van der Waals surface area contributed by atoms with E-state index >= 15 is 0 Å². The molecule has 0 saturated carbocycles. The fourth-order valence-electron chi connectivity index (χ4n) is 2.82. The Bertz CT molecular complexity index is 897. The normalized spacial score (nSPS) is 19.9. The molecule has 1 amide bonds. The standard InChI is InChI=1S/C19H16BrF3N2O2/c1-2-12-7-9-13(10-8-12)16-11-18(27,19(21,22)23)25(24-16)17(26)14-5-3-4-6-15(14)20/h3-10,27H,2,11H2,1H3/t18-/m1/s1. The Morgan fingerprint density at radius 3 is 2.41 bits per heavy atom. The number of halogens is 4. The largest absolute Gasteiger partial charge is 0.438 e. The number of carbonyl (C=O) groups excluding carboxylic acids is 1. The van der Waals surface area contributed by atoms with Crippen molar-refractivity contribution >= 4 is 27.5 Å². The SMILES string of the molecule is CCc1ccc(C2=NN(C(=O)c3ccccc3Br)[C@](O)(C(F)(F)F)C2)cc1. The van der Waals surface area contributed by atoms with E-state index in [4.69, 9.17) is 0 Å². The average molecular weight is 441 g/mol. The first kappa shape index (κ1) is 19.6. The third-order valence-electron chi connectivity index (χ3n) is 4.43. The summed E-state index contributed by atoms with van der Waals surface area (Å²) < 4.78 is 41.3. The monoisotopic (exact) mass is 440 g/mol. The molecule has 0 unspecified atom stereocenters. The van der Waals surface area contributed by atoms with Gasteiger partial charge in [-0.05, 0) is 45.6 Å². The highest BCUT2D eigenvalue weighted by Gasteiger charge is 2.63. The Morgan fingerprint density at radius 2 is 1.85 bits per heavy atom. The van der Waals surface area contributed by atoms with Gasteiger partial charge in [-0.2, -0.15) is 23.3 Å². The molecule has 1 atom stereocenters. The molecule has 0 saturated heterocycles. The van der Waals surface area contributed by atoms with Crippen molar-refractivity contribution in [1.82, 2.24) is 5.01 Å². The van der Waals surface area contributed by atoms with Crippen molar-refractivity contribution in [3.05, 3.63) is 69.7 Å². The van der Waals surface area contributed by atoms with Gasteiger partial charge in [0.15, 0.2) is 0 Å². The number of alkyl halides is 3. The van der Waals surface area contributed by atoms with Gasteiger partial charge in [-0.25, -0.2) is 0 Å². The number of aryl methyl sites for hydroxylation is 1. The van der Waals surface area contributed by atoms with Crippen molar-refractivity contribution in [2.24, 2.45) is 5.10 Å². The van der Waals surface area contributed by atoms with E-state index in [2.05, 4.69) is 21.0 Å². The predicted octanol–water partition coefficient (Wildman–Crippen LogP) is 4.51. The molecule has 8 heteroatoms. The highest BCUT2D eigenvalue weighted by Crippen LogP contribution is 2.42. The number of carbonyl (C=O) groups is 1. The number of nitrogens with zero attached hydrogens (tertiary/aromatic N) is 2. The molecule has 0 aliphatic carbocycles. The molecule has 1 aliphatic rings. The van der Waals surface area contributed by atoms with Crippen molar-refractivity contribution < 1.29 is 23.1 Å². The molecule has 0 radical (unpaired) electrons. The van der Waals surface area contributed by atoms with Gasteiger partial charge < -0.3 is 5.11 Å². The quantitative estimate of drug-likeness (QED) is 0.762. The third-order valence-corrected chi connectivity index (χ3v) is 5.12. The highest BCUT2D eigenvalue weighted by atomic mass is 79.9. The van der Waals surface area contributed by atoms with Crippen molar-refractivity contribution in [2.75, 3.05) is 0 Å². The van der Waals surface area contributed by atoms with E-state index in [0.29, 0.717) is 10.0 Å². The summed E-state index contributed by atoms with van der Waals surface area (Å²) in [5, 5.41) is 14.4. The molecular formula is C19H16BrF3N2O2. The van der Waals surface area contributed by atoms with Crippen molar-refractivity contribution in [3.63, 3.8) is 0 Å². The zero-order chi connectivity index (χ0) is 19.8. The van der Waals surface area contributed by atoms with Crippen LogP contribution in [0.2, 0.25) is 0 Å². The molecule has 0 spiro atoms. The summed E-state index contributed by atoms with van der Waals surface area (Å²) in [6, 6.07) is 12.9. The van der Waals surface area contributed by atoms with Gasteiger partial charge in [-0.1, -0.05) is 43.3 Å². The number of aliphatic hydroxyl groups is 1. The lowest BCUT2D eigenvalue weighted by Gasteiger charge is -2.32. The van der Waals surface area contributed by atoms with Gasteiger partial charge in [0.05, 0.1) is 17.7 Å². The van der Waals surface area contributed by atoms with Gasteiger partial charge in [0.1, 0.15) is 0 Å². The second-order valence-electron chi connectivity index (χ2n) is 6.19. The van der Waals surface area contributed by atoms with Gasteiger partial charge in [-0.3, -0.25) is 4.79 Å². The summed E-state index contributed by atoms with van der Waals surface area (Å²) in [6.07, 6.45) is -5.12. The summed E-state index contributed by atoms with van der Waals surface area (Å²) in [4.78, 5) is 12.7. The fourth-order valence-corrected chi connectivity index (χ4v) is 3.28. The number of benzene rings is 2. The van der Waals surface area contributed by atoms with Gasteiger partial charge in [0.2, 0.25) is 0 Å². The number of hydrogen-bond acceptors (Lipinski definition) is 3. The van der Waals surface area contributed by atoms with Crippen LogP contribution in [0.1, 0.15) is 34.8 Å². The van der Waals surface area contributed by atoms with Crippen molar-refractivity contribution in [1.29, 1.82) is 0 Å². The van der Waals surface area contributed by atoms with Crippen LogP contribution in [-0.4, -0.2) is 33.6 Å². The van der Waals surface area contributed by atoms with Crippen LogP contribution in [0.25, 0.3) is 0 Å². The van der Waals surface area contributed by atoms with E-state index < -0.39 is 24.2 Å². The smallest absolute Gasteiger partial charge is 0.362 e. The summed E-state index contributed by atoms with van der Waals surface area (Å²) in [6.45, 7) is 1.96. The van der Waals surface area contributed by atoms with E-state index in [-0.39, 0.29) is 16.3 Å². The molecule has 1 heterocycles. The summed E-state index contributed by atoms with van der Waals surface area (Å²) >= 11 is 3.15. The van der Waals surface area contributed by atoms with E-state index in [9.17, 15) is 23.1 Å². The third kappa shape index (κ3) is 3.51. The van der Waals surface area contributed by atoms with Gasteiger partial charge in [0, 0.05) is 4.47 Å². The Labute approximate surface area is 162 Å². The van der Waals surface area contributed by atoms with E-state index in [1.165, 1.54) is 18.2 Å². The predicted molar refractivity (Wildman–Crippen MR) is 98.3 cm³/mol. The molecule has 1 aliphatic heterocycles. The topological polar surface area (TPSA) is 52.9 Å². The Hall–Kier alpha value is -2.19. The zero-order valence-corrected chi connectivity index (χ0v) is 15.9. The minimum Gasteiger partial charge on any atom is -0.362 e. The molecule has 1 N–H and O–H groups in total. The lowest BCUT2D eigenvalue weighted by atomic mass is 9.99. The van der Waals surface area contributed by atoms with Crippen molar-refractivity contribution in [2.45, 2.75) is 31.7 Å². The first-order valence-electron chi connectivity index (χ1n) is 8.22. The molecule has 2 aromatic rings. The highest BCUT2D eigenvalue weighted by molar-refractivity contribution is 9.10. The molecule has 27 heavy (non-hydrogen) atoms. The molecule has 0 fully saturated rings. The van der Waals surface area contributed by atoms with Crippen LogP contribution >= 0.6 is 15.9 Å². The Balaban J connectivity index is 2.05. The minimum absolute atomic E-state index is 0.00196. The first-order valence-corrected chi connectivity index (χ1v) is 9.01. The molecule has 3 rings (SSSR count). The number of hydrogen-bond donors (Lipinski definition) is 1. The minimum atomic E-state index is -5.07. The Morgan fingerprint density at radius 1 is 1.22 bits per heavy atom. The summed E-state index contributed by atoms with van der Waals surface area (Å²) in [7, 11) is 0.